The topological polar surface area (TPSA) is 78.6 Å². The van der Waals surface area contributed by atoms with E-state index in [1.165, 1.54) is 19.3 Å². The molecule has 2 N–H and O–H groups in total. The van der Waals surface area contributed by atoms with Crippen LogP contribution in [0, 0.1) is 0 Å². The van der Waals surface area contributed by atoms with Crippen LogP contribution in [0.2, 0.25) is 0 Å². The fourth-order valence-electron chi connectivity index (χ4n) is 1.44. The molecule has 0 aliphatic heterocycles. The van der Waals surface area contributed by atoms with Crippen molar-refractivity contribution < 1.29 is 0 Å². The van der Waals surface area contributed by atoms with Gasteiger partial charge in [0.05, 0.1) is 0 Å². The lowest BCUT2D eigenvalue weighted by molar-refractivity contribution is 0.620. The zero-order valence-electron chi connectivity index (χ0n) is 9.01. The first-order valence-corrected chi connectivity index (χ1v) is 5.42. The van der Waals surface area contributed by atoms with E-state index in [4.69, 9.17) is 0 Å². The van der Waals surface area contributed by atoms with Crippen LogP contribution in [0.3, 0.4) is 0 Å². The summed E-state index contributed by atoms with van der Waals surface area (Å²) in [5.74, 6) is 0. The molecule has 5 heteroatoms. The Morgan fingerprint density at radius 2 is 1.87 bits per heavy atom. The molecule has 0 aliphatic rings. The van der Waals surface area contributed by atoms with Crippen molar-refractivity contribution in [3.05, 3.63) is 26.5 Å². The molecule has 0 amide bonds. The molecule has 0 spiro atoms. The molecular formula is C10H17N3O2. The van der Waals surface area contributed by atoms with Crippen molar-refractivity contribution in [3.63, 3.8) is 0 Å². The third-order valence-corrected chi connectivity index (χ3v) is 2.30. The summed E-state index contributed by atoms with van der Waals surface area (Å²) < 4.78 is 0. The van der Waals surface area contributed by atoms with Gasteiger partial charge in [-0.2, -0.15) is 5.10 Å². The maximum absolute atomic E-state index is 11.2. The standard InChI is InChI=1S/C10H17N3O2/c1-2-3-4-5-6-7-8-9(14)11-10(15)13-12-8/h2-7H2,1H3,(H2,11,13,14,15). The van der Waals surface area contributed by atoms with Crippen molar-refractivity contribution in [3.8, 4) is 0 Å². The first-order valence-electron chi connectivity index (χ1n) is 5.42. The Balaban J connectivity index is 2.38. The van der Waals surface area contributed by atoms with Gasteiger partial charge >= 0.3 is 5.69 Å². The quantitative estimate of drug-likeness (QED) is 0.688. The minimum atomic E-state index is -0.547. The molecule has 84 valence electrons. The molecule has 0 fully saturated rings. The lowest BCUT2D eigenvalue weighted by Crippen LogP contribution is -2.27. The van der Waals surface area contributed by atoms with Crippen LogP contribution in [0.4, 0.5) is 0 Å². The van der Waals surface area contributed by atoms with Gasteiger partial charge in [-0.15, -0.1) is 0 Å². The highest BCUT2D eigenvalue weighted by molar-refractivity contribution is 4.91. The predicted octanol–water partition coefficient (Wildman–Crippen LogP) is 0.971. The summed E-state index contributed by atoms with van der Waals surface area (Å²) in [7, 11) is 0. The summed E-state index contributed by atoms with van der Waals surface area (Å²) in [4.78, 5) is 24.1. The Morgan fingerprint density at radius 1 is 1.13 bits per heavy atom. The number of aromatic nitrogens is 3. The van der Waals surface area contributed by atoms with E-state index in [1.807, 2.05) is 0 Å². The second kappa shape index (κ2) is 6.16. The third kappa shape index (κ3) is 4.10. The van der Waals surface area contributed by atoms with Gasteiger partial charge in [-0.25, -0.2) is 9.89 Å². The highest BCUT2D eigenvalue weighted by Crippen LogP contribution is 2.04. The normalized spacial score (nSPS) is 10.5. The molecule has 0 aromatic carbocycles. The second-order valence-electron chi connectivity index (χ2n) is 3.62. The molecule has 1 aromatic rings. The number of nitrogens with one attached hydrogen (secondary N) is 2. The minimum Gasteiger partial charge on any atom is -0.271 e. The smallest absolute Gasteiger partial charge is 0.271 e. The average Bonchev–Trinajstić information content (AvgIpc) is 2.20. The van der Waals surface area contributed by atoms with Gasteiger partial charge in [0.1, 0.15) is 5.69 Å². The van der Waals surface area contributed by atoms with Crippen LogP contribution in [0.5, 0.6) is 0 Å². The van der Waals surface area contributed by atoms with Crippen molar-refractivity contribution >= 4 is 0 Å². The summed E-state index contributed by atoms with van der Waals surface area (Å²) in [5, 5.41) is 5.95. The van der Waals surface area contributed by atoms with Gasteiger partial charge in [-0.3, -0.25) is 9.78 Å². The highest BCUT2D eigenvalue weighted by atomic mass is 16.2. The Hall–Kier alpha value is -1.39. The number of hydrogen-bond donors (Lipinski definition) is 2. The fourth-order valence-corrected chi connectivity index (χ4v) is 1.44. The highest BCUT2D eigenvalue weighted by Gasteiger charge is 2.01. The number of H-pyrrole nitrogens is 2. The molecule has 1 heterocycles. The first kappa shape index (κ1) is 11.7. The van der Waals surface area contributed by atoms with Gasteiger partial charge in [0, 0.05) is 0 Å². The van der Waals surface area contributed by atoms with Crippen molar-refractivity contribution in [2.45, 2.75) is 45.4 Å². The van der Waals surface area contributed by atoms with E-state index in [2.05, 4.69) is 22.1 Å². The van der Waals surface area contributed by atoms with Gasteiger partial charge in [-0.05, 0) is 12.8 Å². The van der Waals surface area contributed by atoms with E-state index in [0.29, 0.717) is 12.1 Å². The number of hydrogen-bond acceptors (Lipinski definition) is 3. The van der Waals surface area contributed by atoms with Crippen molar-refractivity contribution in [1.82, 2.24) is 15.2 Å². The van der Waals surface area contributed by atoms with Crippen LogP contribution < -0.4 is 11.2 Å². The molecule has 0 saturated carbocycles. The van der Waals surface area contributed by atoms with Gasteiger partial charge in [0.2, 0.25) is 0 Å². The summed E-state index contributed by atoms with van der Waals surface area (Å²) in [6.07, 6.45) is 6.32. The van der Waals surface area contributed by atoms with Crippen LogP contribution in [-0.2, 0) is 6.42 Å². The molecule has 0 bridgehead atoms. The average molecular weight is 211 g/mol. The molecule has 0 atom stereocenters. The number of unbranched alkanes of at least 4 members (excludes halogenated alkanes) is 4. The van der Waals surface area contributed by atoms with Gasteiger partial charge in [0.15, 0.2) is 0 Å². The van der Waals surface area contributed by atoms with Crippen LogP contribution in [0.25, 0.3) is 0 Å². The number of aryl methyl sites for hydroxylation is 1. The molecule has 0 aliphatic carbocycles. The predicted molar refractivity (Wildman–Crippen MR) is 57.9 cm³/mol. The largest absolute Gasteiger partial charge is 0.342 e. The van der Waals surface area contributed by atoms with Crippen LogP contribution >= 0.6 is 0 Å². The molecule has 0 radical (unpaired) electrons. The second-order valence-corrected chi connectivity index (χ2v) is 3.62. The lowest BCUT2D eigenvalue weighted by atomic mass is 10.1. The molecular weight excluding hydrogens is 194 g/mol. The van der Waals surface area contributed by atoms with Crippen LogP contribution in [-0.4, -0.2) is 15.2 Å². The zero-order chi connectivity index (χ0) is 11.1. The molecule has 0 unspecified atom stereocenters. The van der Waals surface area contributed by atoms with E-state index in [1.54, 1.807) is 0 Å². The fraction of sp³-hybridized carbons (Fsp3) is 0.700. The monoisotopic (exact) mass is 211 g/mol. The van der Waals surface area contributed by atoms with Gasteiger partial charge < -0.3 is 0 Å². The van der Waals surface area contributed by atoms with E-state index >= 15 is 0 Å². The number of aromatic amines is 2. The minimum absolute atomic E-state index is 0.366. The molecule has 1 aromatic heterocycles. The lowest BCUT2D eigenvalue weighted by Gasteiger charge is -1.98. The van der Waals surface area contributed by atoms with E-state index in [-0.39, 0.29) is 5.56 Å². The van der Waals surface area contributed by atoms with Crippen LogP contribution in [0.1, 0.15) is 44.7 Å². The molecule has 15 heavy (non-hydrogen) atoms. The Labute approximate surface area is 87.9 Å². The van der Waals surface area contributed by atoms with Crippen molar-refractivity contribution in [2.24, 2.45) is 0 Å². The summed E-state index contributed by atoms with van der Waals surface area (Å²) >= 11 is 0. The van der Waals surface area contributed by atoms with Crippen molar-refractivity contribution in [2.75, 3.05) is 0 Å². The van der Waals surface area contributed by atoms with Crippen molar-refractivity contribution in [1.29, 1.82) is 0 Å². The van der Waals surface area contributed by atoms with E-state index in [9.17, 15) is 9.59 Å². The summed E-state index contributed by atoms with van der Waals surface area (Å²) in [6, 6.07) is 0. The Kier molecular flexibility index (Phi) is 4.80. The van der Waals surface area contributed by atoms with Gasteiger partial charge in [-0.1, -0.05) is 32.6 Å². The summed E-state index contributed by atoms with van der Waals surface area (Å²) in [5.41, 5.74) is -0.491. The first-order chi connectivity index (χ1) is 7.24. The molecule has 1 rings (SSSR count). The number of nitrogens with zero attached hydrogens (tertiary/aromatic N) is 1. The molecule has 0 saturated heterocycles. The number of rotatable bonds is 6. The SMILES string of the molecule is CCCCCCCc1n[nH]c(=O)[nH]c1=O. The van der Waals surface area contributed by atoms with E-state index < -0.39 is 5.69 Å². The third-order valence-electron chi connectivity index (χ3n) is 2.30. The van der Waals surface area contributed by atoms with E-state index in [0.717, 1.165) is 12.8 Å². The zero-order valence-corrected chi connectivity index (χ0v) is 9.01. The van der Waals surface area contributed by atoms with Gasteiger partial charge in [0.25, 0.3) is 5.56 Å². The van der Waals surface area contributed by atoms with Crippen LogP contribution in [0.15, 0.2) is 9.59 Å². The molecule has 5 nitrogen and oxygen atoms in total. The Morgan fingerprint density at radius 3 is 2.53 bits per heavy atom. The summed E-state index contributed by atoms with van der Waals surface area (Å²) in [6.45, 7) is 2.16. The maximum Gasteiger partial charge on any atom is 0.342 e. The maximum atomic E-state index is 11.2. The Bertz CT molecular complexity index is 394.